The van der Waals surface area contributed by atoms with E-state index in [9.17, 15) is 19.2 Å². The lowest BCUT2D eigenvalue weighted by atomic mass is 9.93. The molecule has 0 aliphatic heterocycles. The molecule has 0 heterocycles. The van der Waals surface area contributed by atoms with Gasteiger partial charge in [0.1, 0.15) is 5.75 Å². The maximum Gasteiger partial charge on any atom is 0.323 e. The van der Waals surface area contributed by atoms with Crippen molar-refractivity contribution in [3.8, 4) is 5.75 Å². The first-order chi connectivity index (χ1) is 18.8. The highest BCUT2D eigenvalue weighted by Crippen LogP contribution is 2.26. The van der Waals surface area contributed by atoms with Gasteiger partial charge in [-0.1, -0.05) is 38.1 Å². The number of ether oxygens (including phenoxy) is 1. The molecule has 0 fully saturated rings. The molecular formula is C29H41N5O6. The van der Waals surface area contributed by atoms with Crippen molar-refractivity contribution in [2.45, 2.75) is 53.0 Å². The fraction of sp³-hybridized carbons (Fsp3) is 0.448. The number of urea groups is 2. The molecule has 0 bridgehead atoms. The van der Waals surface area contributed by atoms with Crippen LogP contribution in [0.1, 0.15) is 44.7 Å². The molecule has 1 atom stereocenters. The zero-order valence-corrected chi connectivity index (χ0v) is 24.1. The quantitative estimate of drug-likeness (QED) is 0.250. The van der Waals surface area contributed by atoms with Crippen molar-refractivity contribution in [2.24, 2.45) is 5.41 Å². The van der Waals surface area contributed by atoms with Gasteiger partial charge in [-0.2, -0.15) is 0 Å². The summed E-state index contributed by atoms with van der Waals surface area (Å²) in [5, 5.41) is 20.2. The normalized spacial score (nSPS) is 11.7. The SMILES string of the molecule is COc1cc(CCC(=O)NCC(C)(C)CNC(=O)N(C)C(C)CC(=O)O)ccc1NC(=O)Nc1ccccc1C. The number of aliphatic carboxylic acids is 1. The third kappa shape index (κ3) is 10.5. The number of carboxylic acids is 1. The lowest BCUT2D eigenvalue weighted by Crippen LogP contribution is -2.48. The molecule has 0 spiro atoms. The van der Waals surface area contributed by atoms with Gasteiger partial charge in [-0.25, -0.2) is 9.59 Å². The summed E-state index contributed by atoms with van der Waals surface area (Å²) < 4.78 is 5.45. The van der Waals surface area contributed by atoms with Crippen LogP contribution in [-0.2, 0) is 16.0 Å². The Bertz CT molecular complexity index is 1200. The Labute approximate surface area is 235 Å². The van der Waals surface area contributed by atoms with Crippen LogP contribution in [0.2, 0.25) is 0 Å². The summed E-state index contributed by atoms with van der Waals surface area (Å²) >= 11 is 0. The lowest BCUT2D eigenvalue weighted by molar-refractivity contribution is -0.138. The van der Waals surface area contributed by atoms with Crippen molar-refractivity contribution < 1.29 is 29.0 Å². The van der Waals surface area contributed by atoms with Gasteiger partial charge in [-0.15, -0.1) is 0 Å². The Kier molecular flexibility index (Phi) is 11.8. The van der Waals surface area contributed by atoms with E-state index >= 15 is 0 Å². The number of nitrogens with one attached hydrogen (secondary N) is 4. The molecule has 2 rings (SSSR count). The number of anilines is 2. The molecule has 0 saturated heterocycles. The minimum atomic E-state index is -0.970. The number of amides is 5. The maximum absolute atomic E-state index is 12.5. The van der Waals surface area contributed by atoms with E-state index in [2.05, 4.69) is 21.3 Å². The number of hydrogen-bond donors (Lipinski definition) is 5. The Balaban J connectivity index is 1.82. The second kappa shape index (κ2) is 14.8. The summed E-state index contributed by atoms with van der Waals surface area (Å²) in [6.45, 7) is 8.07. The third-order valence-corrected chi connectivity index (χ3v) is 6.48. The standard InChI is InChI=1S/C29H41N5O6/c1-19-9-7-8-10-22(19)32-27(38)33-23-13-11-21(16-24(23)40-6)12-14-25(35)30-17-29(3,4)18-31-28(39)34(5)20(2)15-26(36)37/h7-11,13,16,20H,12,14-15,17-18H2,1-6H3,(H,30,35)(H,31,39)(H,36,37)(H2,32,33,38). The fourth-order valence-corrected chi connectivity index (χ4v) is 3.76. The van der Waals surface area contributed by atoms with Gasteiger partial charge < -0.3 is 36.0 Å². The summed E-state index contributed by atoms with van der Waals surface area (Å²) in [5.41, 5.74) is 2.62. The van der Waals surface area contributed by atoms with E-state index in [1.165, 1.54) is 12.0 Å². The van der Waals surface area contributed by atoms with Crippen LogP contribution >= 0.6 is 0 Å². The summed E-state index contributed by atoms with van der Waals surface area (Å²) in [4.78, 5) is 49.5. The van der Waals surface area contributed by atoms with Crippen molar-refractivity contribution >= 4 is 35.3 Å². The van der Waals surface area contributed by atoms with Crippen LogP contribution in [0.15, 0.2) is 42.5 Å². The average Bonchev–Trinajstić information content (AvgIpc) is 2.90. The highest BCUT2D eigenvalue weighted by molar-refractivity contribution is 6.01. The predicted octanol–water partition coefficient (Wildman–Crippen LogP) is 4.23. The third-order valence-electron chi connectivity index (χ3n) is 6.48. The van der Waals surface area contributed by atoms with Crippen LogP contribution in [0.3, 0.4) is 0 Å². The topological polar surface area (TPSA) is 149 Å². The molecule has 0 aliphatic carbocycles. The Morgan fingerprint density at radius 3 is 2.30 bits per heavy atom. The lowest BCUT2D eigenvalue weighted by Gasteiger charge is -2.29. The van der Waals surface area contributed by atoms with Crippen molar-refractivity contribution in [3.05, 3.63) is 53.6 Å². The number of aryl methyl sites for hydroxylation is 2. The smallest absolute Gasteiger partial charge is 0.323 e. The minimum Gasteiger partial charge on any atom is -0.495 e. The van der Waals surface area contributed by atoms with Crippen LogP contribution in [-0.4, -0.2) is 67.2 Å². The molecule has 40 heavy (non-hydrogen) atoms. The first-order valence-electron chi connectivity index (χ1n) is 13.1. The summed E-state index contributed by atoms with van der Waals surface area (Å²) in [7, 11) is 3.07. The fourth-order valence-electron chi connectivity index (χ4n) is 3.76. The summed E-state index contributed by atoms with van der Waals surface area (Å²) in [5.74, 6) is -0.620. The number of carbonyl (C=O) groups is 4. The number of methoxy groups -OCH3 is 1. The Morgan fingerprint density at radius 2 is 1.65 bits per heavy atom. The zero-order valence-electron chi connectivity index (χ0n) is 24.1. The van der Waals surface area contributed by atoms with E-state index in [1.54, 1.807) is 26.1 Å². The van der Waals surface area contributed by atoms with Gasteiger partial charge in [0.2, 0.25) is 5.91 Å². The van der Waals surface area contributed by atoms with Crippen LogP contribution < -0.4 is 26.0 Å². The number of hydrogen-bond acceptors (Lipinski definition) is 5. The monoisotopic (exact) mass is 555 g/mol. The van der Waals surface area contributed by atoms with Gasteiger partial charge in [0.05, 0.1) is 19.2 Å². The number of para-hydroxylation sites is 1. The zero-order chi connectivity index (χ0) is 29.9. The van der Waals surface area contributed by atoms with Crippen molar-refractivity contribution in [2.75, 3.05) is 37.9 Å². The van der Waals surface area contributed by atoms with Gasteiger partial charge in [0, 0.05) is 38.3 Å². The van der Waals surface area contributed by atoms with Crippen molar-refractivity contribution in [1.29, 1.82) is 0 Å². The second-order valence-corrected chi connectivity index (χ2v) is 10.6. The summed E-state index contributed by atoms with van der Waals surface area (Å²) in [6, 6.07) is 11.6. The summed E-state index contributed by atoms with van der Waals surface area (Å²) in [6.07, 6.45) is 0.584. The Morgan fingerprint density at radius 1 is 1.00 bits per heavy atom. The molecule has 5 N–H and O–H groups in total. The number of carbonyl (C=O) groups excluding carboxylic acids is 3. The van der Waals surface area contributed by atoms with Gasteiger partial charge in [0.25, 0.3) is 0 Å². The maximum atomic E-state index is 12.5. The van der Waals surface area contributed by atoms with Crippen molar-refractivity contribution in [1.82, 2.24) is 15.5 Å². The van der Waals surface area contributed by atoms with Gasteiger partial charge in [-0.3, -0.25) is 9.59 Å². The van der Waals surface area contributed by atoms with E-state index in [4.69, 9.17) is 9.84 Å². The molecule has 11 nitrogen and oxygen atoms in total. The predicted molar refractivity (Wildman–Crippen MR) is 155 cm³/mol. The van der Waals surface area contributed by atoms with Gasteiger partial charge in [0.15, 0.2) is 0 Å². The molecule has 2 aromatic rings. The number of carboxylic acid groups (broad SMARTS) is 1. The van der Waals surface area contributed by atoms with E-state index in [-0.39, 0.29) is 30.8 Å². The van der Waals surface area contributed by atoms with E-state index < -0.39 is 17.4 Å². The Hall–Kier alpha value is -4.28. The van der Waals surface area contributed by atoms with Crippen LogP contribution in [0.4, 0.5) is 21.0 Å². The molecule has 0 saturated carbocycles. The van der Waals surface area contributed by atoms with Gasteiger partial charge in [-0.05, 0) is 55.0 Å². The molecule has 218 valence electrons. The molecule has 11 heteroatoms. The largest absolute Gasteiger partial charge is 0.495 e. The minimum absolute atomic E-state index is 0.134. The molecular weight excluding hydrogens is 514 g/mol. The average molecular weight is 556 g/mol. The highest BCUT2D eigenvalue weighted by Gasteiger charge is 2.23. The van der Waals surface area contributed by atoms with Crippen molar-refractivity contribution in [3.63, 3.8) is 0 Å². The van der Waals surface area contributed by atoms with E-state index in [0.29, 0.717) is 36.6 Å². The number of benzene rings is 2. The second-order valence-electron chi connectivity index (χ2n) is 10.6. The van der Waals surface area contributed by atoms with Crippen LogP contribution in [0, 0.1) is 12.3 Å². The van der Waals surface area contributed by atoms with Gasteiger partial charge >= 0.3 is 18.0 Å². The molecule has 2 aromatic carbocycles. The molecule has 0 radical (unpaired) electrons. The highest BCUT2D eigenvalue weighted by atomic mass is 16.5. The number of nitrogens with zero attached hydrogens (tertiary/aromatic N) is 1. The van der Waals surface area contributed by atoms with E-state index in [0.717, 1.165) is 11.1 Å². The number of rotatable bonds is 13. The molecule has 0 aliphatic rings. The molecule has 1 unspecified atom stereocenters. The van der Waals surface area contributed by atoms with Crippen LogP contribution in [0.5, 0.6) is 5.75 Å². The molecule has 0 aromatic heterocycles. The molecule has 5 amide bonds. The van der Waals surface area contributed by atoms with E-state index in [1.807, 2.05) is 51.1 Å². The first-order valence-corrected chi connectivity index (χ1v) is 13.1. The van der Waals surface area contributed by atoms with Crippen LogP contribution in [0.25, 0.3) is 0 Å². The first kappa shape index (κ1) is 31.9.